The fraction of sp³-hybridized carbons (Fsp3) is 0. The van der Waals surface area contributed by atoms with Gasteiger partial charge in [0.25, 0.3) is 0 Å². The molecular formula is C40H24N4O. The third-order valence-electron chi connectivity index (χ3n) is 8.95. The zero-order valence-electron chi connectivity index (χ0n) is 24.1. The van der Waals surface area contributed by atoms with Crippen LogP contribution in [0.3, 0.4) is 0 Å². The van der Waals surface area contributed by atoms with Crippen LogP contribution in [0.2, 0.25) is 0 Å². The predicted octanol–water partition coefficient (Wildman–Crippen LogP) is 10.2. The maximum atomic E-state index is 6.43. The van der Waals surface area contributed by atoms with Gasteiger partial charge in [-0.25, -0.2) is 4.98 Å². The Balaban J connectivity index is 1.28. The van der Waals surface area contributed by atoms with E-state index in [0.29, 0.717) is 11.5 Å². The highest BCUT2D eigenvalue weighted by Crippen LogP contribution is 2.39. The first kappa shape index (κ1) is 24.3. The monoisotopic (exact) mass is 576 g/mol. The minimum atomic E-state index is 0.570. The molecule has 0 N–H and O–H groups in total. The van der Waals surface area contributed by atoms with Crippen LogP contribution in [0, 0.1) is 0 Å². The van der Waals surface area contributed by atoms with Gasteiger partial charge in [-0.3, -0.25) is 4.57 Å². The summed E-state index contributed by atoms with van der Waals surface area (Å²) >= 11 is 0. The molecule has 4 aromatic heterocycles. The summed E-state index contributed by atoms with van der Waals surface area (Å²) in [6, 6.07) is 50.8. The van der Waals surface area contributed by atoms with E-state index in [-0.39, 0.29) is 0 Å². The molecule has 0 unspecified atom stereocenters. The molecule has 0 aliphatic rings. The molecular weight excluding hydrogens is 552 g/mol. The minimum Gasteiger partial charge on any atom is -0.437 e. The summed E-state index contributed by atoms with van der Waals surface area (Å²) in [5, 5.41) is 6.72. The lowest BCUT2D eigenvalue weighted by atomic mass is 10.1. The Hall–Kier alpha value is -6.20. The lowest BCUT2D eigenvalue weighted by molar-refractivity contribution is 0.653. The highest BCUT2D eigenvalue weighted by atomic mass is 16.3. The highest BCUT2D eigenvalue weighted by molar-refractivity contribution is 6.13. The molecule has 0 atom stereocenters. The Morgan fingerprint density at radius 2 is 0.956 bits per heavy atom. The van der Waals surface area contributed by atoms with Gasteiger partial charge in [0.2, 0.25) is 5.71 Å². The van der Waals surface area contributed by atoms with Crippen molar-refractivity contribution in [1.29, 1.82) is 0 Å². The first-order valence-corrected chi connectivity index (χ1v) is 15.1. The van der Waals surface area contributed by atoms with E-state index in [1.54, 1.807) is 0 Å². The number of fused-ring (bicyclic) bond motifs is 9. The number of para-hydroxylation sites is 5. The maximum absolute atomic E-state index is 6.43. The molecule has 0 radical (unpaired) electrons. The molecule has 0 fully saturated rings. The zero-order chi connectivity index (χ0) is 29.5. The third-order valence-corrected chi connectivity index (χ3v) is 8.95. The van der Waals surface area contributed by atoms with Gasteiger partial charge in [-0.2, -0.15) is 4.98 Å². The molecule has 45 heavy (non-hydrogen) atoms. The quantitative estimate of drug-likeness (QED) is 0.210. The molecule has 210 valence electrons. The Morgan fingerprint density at radius 3 is 1.56 bits per heavy atom. The van der Waals surface area contributed by atoms with Crippen molar-refractivity contribution in [2.75, 3.05) is 0 Å². The van der Waals surface area contributed by atoms with Crippen molar-refractivity contribution in [3.8, 4) is 22.9 Å². The van der Waals surface area contributed by atoms with Crippen molar-refractivity contribution >= 4 is 65.7 Å². The summed E-state index contributed by atoms with van der Waals surface area (Å²) in [6.45, 7) is 0. The van der Waals surface area contributed by atoms with Crippen molar-refractivity contribution in [1.82, 2.24) is 19.1 Å². The second-order valence-electron chi connectivity index (χ2n) is 11.4. The summed E-state index contributed by atoms with van der Waals surface area (Å²) < 4.78 is 11.0. The second kappa shape index (κ2) is 9.15. The van der Waals surface area contributed by atoms with Crippen molar-refractivity contribution in [2.45, 2.75) is 0 Å². The molecule has 0 saturated carbocycles. The molecule has 0 amide bonds. The van der Waals surface area contributed by atoms with Crippen molar-refractivity contribution < 1.29 is 4.42 Å². The zero-order valence-corrected chi connectivity index (χ0v) is 24.1. The van der Waals surface area contributed by atoms with Gasteiger partial charge in [-0.1, -0.05) is 103 Å². The van der Waals surface area contributed by atoms with E-state index in [2.05, 4.69) is 137 Å². The van der Waals surface area contributed by atoms with Gasteiger partial charge < -0.3 is 8.98 Å². The number of aromatic nitrogens is 4. The standard InChI is InChI=1S/C40H24N4O/c1-6-19-32-27(14-1)28-15-2-7-20-33(28)43(32)26-13-11-12-25(24-26)38-41-39(37-31-18-5-10-23-36(31)45-40(37)42-38)44-34-21-8-3-16-29(34)30-17-4-9-22-35(30)44/h1-24H. The molecule has 0 saturated heterocycles. The molecule has 4 heterocycles. The third kappa shape index (κ3) is 3.43. The molecule has 5 nitrogen and oxygen atoms in total. The number of rotatable bonds is 3. The van der Waals surface area contributed by atoms with Gasteiger partial charge in [0.15, 0.2) is 11.6 Å². The van der Waals surface area contributed by atoms with E-state index in [4.69, 9.17) is 14.4 Å². The summed E-state index contributed by atoms with van der Waals surface area (Å²) in [5.74, 6) is 1.42. The van der Waals surface area contributed by atoms with Crippen LogP contribution >= 0.6 is 0 Å². The van der Waals surface area contributed by atoms with Crippen LogP contribution in [-0.4, -0.2) is 19.1 Å². The van der Waals surface area contributed by atoms with Gasteiger partial charge in [0, 0.05) is 38.2 Å². The topological polar surface area (TPSA) is 48.8 Å². The summed E-state index contributed by atoms with van der Waals surface area (Å²) in [5.41, 5.74) is 7.84. The Kier molecular flexibility index (Phi) is 4.93. The Labute approximate surface area is 257 Å². The van der Waals surface area contributed by atoms with Crippen molar-refractivity contribution in [2.24, 2.45) is 0 Å². The molecule has 10 rings (SSSR count). The molecule has 6 aromatic carbocycles. The molecule has 0 aliphatic carbocycles. The van der Waals surface area contributed by atoms with Gasteiger partial charge in [-0.05, 0) is 42.5 Å². The number of benzene rings is 6. The fourth-order valence-electron chi connectivity index (χ4n) is 7.03. The first-order chi connectivity index (χ1) is 22.3. The molecule has 0 spiro atoms. The van der Waals surface area contributed by atoms with Crippen molar-refractivity contribution in [3.63, 3.8) is 0 Å². The van der Waals surface area contributed by atoms with Crippen LogP contribution in [0.1, 0.15) is 0 Å². The molecule has 0 bridgehead atoms. The van der Waals surface area contributed by atoms with Gasteiger partial charge >= 0.3 is 0 Å². The summed E-state index contributed by atoms with van der Waals surface area (Å²) in [6.07, 6.45) is 0. The van der Waals surface area contributed by atoms with Crippen LogP contribution in [0.25, 0.3) is 88.6 Å². The van der Waals surface area contributed by atoms with E-state index in [9.17, 15) is 0 Å². The van der Waals surface area contributed by atoms with Crippen LogP contribution in [-0.2, 0) is 0 Å². The van der Waals surface area contributed by atoms with Crippen molar-refractivity contribution in [3.05, 3.63) is 146 Å². The summed E-state index contributed by atoms with van der Waals surface area (Å²) in [7, 11) is 0. The second-order valence-corrected chi connectivity index (χ2v) is 11.4. The predicted molar refractivity (Wildman–Crippen MR) is 183 cm³/mol. The van der Waals surface area contributed by atoms with Gasteiger partial charge in [0.1, 0.15) is 5.58 Å². The first-order valence-electron chi connectivity index (χ1n) is 15.1. The molecule has 0 aliphatic heterocycles. The summed E-state index contributed by atoms with van der Waals surface area (Å²) in [4.78, 5) is 10.4. The lowest BCUT2D eigenvalue weighted by Crippen LogP contribution is -2.02. The minimum absolute atomic E-state index is 0.570. The Morgan fingerprint density at radius 1 is 0.444 bits per heavy atom. The van der Waals surface area contributed by atoms with Crippen LogP contribution < -0.4 is 0 Å². The fourth-order valence-corrected chi connectivity index (χ4v) is 7.03. The van der Waals surface area contributed by atoms with E-state index < -0.39 is 0 Å². The largest absolute Gasteiger partial charge is 0.437 e. The van der Waals surface area contributed by atoms with Crippen LogP contribution in [0.15, 0.2) is 150 Å². The van der Waals surface area contributed by atoms with Gasteiger partial charge in [0.05, 0.1) is 27.5 Å². The van der Waals surface area contributed by atoms with Crippen LogP contribution in [0.4, 0.5) is 0 Å². The van der Waals surface area contributed by atoms with Crippen LogP contribution in [0.5, 0.6) is 0 Å². The average molecular weight is 577 g/mol. The smallest absolute Gasteiger partial charge is 0.233 e. The van der Waals surface area contributed by atoms with E-state index in [1.807, 2.05) is 18.2 Å². The highest BCUT2D eigenvalue weighted by Gasteiger charge is 2.22. The number of furan rings is 1. The number of nitrogens with zero attached hydrogens (tertiary/aromatic N) is 4. The lowest BCUT2D eigenvalue weighted by Gasteiger charge is -2.12. The Bertz CT molecular complexity index is 2670. The van der Waals surface area contributed by atoms with E-state index >= 15 is 0 Å². The number of hydrogen-bond acceptors (Lipinski definition) is 3. The normalized spacial score (nSPS) is 12.0. The van der Waals surface area contributed by atoms with E-state index in [0.717, 1.165) is 55.5 Å². The van der Waals surface area contributed by atoms with E-state index in [1.165, 1.54) is 21.5 Å². The molecule has 10 aromatic rings. The maximum Gasteiger partial charge on any atom is 0.233 e. The average Bonchev–Trinajstić information content (AvgIpc) is 3.76. The van der Waals surface area contributed by atoms with Gasteiger partial charge in [-0.15, -0.1) is 0 Å². The number of hydrogen-bond donors (Lipinski definition) is 0. The molecule has 5 heteroatoms. The SMILES string of the molecule is c1cc(-c2nc(-n3c4ccccc4c4ccccc43)c3c(n2)oc2ccccc23)cc(-n2c3ccccc3c3ccccc32)c1.